The maximum absolute atomic E-state index is 12.8. The number of hydrogen-bond donors (Lipinski definition) is 2. The molecule has 1 rings (SSSR count). The molecule has 8 heteroatoms. The van der Waals surface area contributed by atoms with E-state index in [-0.39, 0.29) is 17.4 Å². The van der Waals surface area contributed by atoms with Crippen molar-refractivity contribution in [1.29, 1.82) is 5.26 Å². The second-order valence-electron chi connectivity index (χ2n) is 4.34. The van der Waals surface area contributed by atoms with Gasteiger partial charge < -0.3 is 10.4 Å². The highest BCUT2D eigenvalue weighted by atomic mass is 79.9. The summed E-state index contributed by atoms with van der Waals surface area (Å²) in [6.07, 6.45) is -4.62. The summed E-state index contributed by atoms with van der Waals surface area (Å²) in [5, 5.41) is 20.8. The lowest BCUT2D eigenvalue weighted by atomic mass is 10.0. The van der Waals surface area contributed by atoms with E-state index >= 15 is 0 Å². The summed E-state index contributed by atoms with van der Waals surface area (Å²) in [7, 11) is 0. The second kappa shape index (κ2) is 6.45. The average molecular weight is 365 g/mol. The third-order valence-corrected chi connectivity index (χ3v) is 3.86. The number of carbonyl (C=O) groups is 1. The molecule has 2 N–H and O–H groups in total. The molecule has 0 saturated heterocycles. The molecule has 0 fully saturated rings. The molecule has 0 aliphatic heterocycles. The van der Waals surface area contributed by atoms with Gasteiger partial charge in [0.05, 0.1) is 17.2 Å². The first-order valence-electron chi connectivity index (χ1n) is 5.89. The first kappa shape index (κ1) is 17.5. The molecule has 0 unspecified atom stereocenters. The van der Waals surface area contributed by atoms with E-state index in [1.54, 1.807) is 6.92 Å². The first-order chi connectivity index (χ1) is 9.67. The quantitative estimate of drug-likeness (QED) is 0.806. The van der Waals surface area contributed by atoms with Crippen LogP contribution in [0.2, 0.25) is 0 Å². The van der Waals surface area contributed by atoms with Crippen molar-refractivity contribution < 1.29 is 23.1 Å². The number of aliphatic hydroxyl groups is 1. The Balaban J connectivity index is 3.12. The van der Waals surface area contributed by atoms with Gasteiger partial charge in [0.15, 0.2) is 5.60 Å². The topological polar surface area (TPSA) is 73.1 Å². The fourth-order valence-electron chi connectivity index (χ4n) is 1.52. The van der Waals surface area contributed by atoms with E-state index in [0.29, 0.717) is 6.07 Å². The summed E-state index contributed by atoms with van der Waals surface area (Å²) in [4.78, 5) is 11.9. The predicted octanol–water partition coefficient (Wildman–Crippen LogP) is 3.05. The molecule has 0 radical (unpaired) electrons. The van der Waals surface area contributed by atoms with Gasteiger partial charge >= 0.3 is 6.18 Å². The van der Waals surface area contributed by atoms with Gasteiger partial charge in [-0.3, -0.25) is 4.79 Å². The van der Waals surface area contributed by atoms with Crippen molar-refractivity contribution >= 4 is 27.5 Å². The highest BCUT2D eigenvalue weighted by Crippen LogP contribution is 2.33. The lowest BCUT2D eigenvalue weighted by Crippen LogP contribution is -2.44. The number of rotatable bonds is 4. The molecule has 0 heterocycles. The van der Waals surface area contributed by atoms with Crippen molar-refractivity contribution in [1.82, 2.24) is 0 Å². The second-order valence-corrected chi connectivity index (χ2v) is 4.90. The molecule has 0 bridgehead atoms. The Morgan fingerprint density at radius 2 is 2.10 bits per heavy atom. The average Bonchev–Trinajstić information content (AvgIpc) is 2.45. The van der Waals surface area contributed by atoms with Crippen LogP contribution >= 0.6 is 15.9 Å². The van der Waals surface area contributed by atoms with E-state index in [0.717, 1.165) is 6.07 Å². The summed E-state index contributed by atoms with van der Waals surface area (Å²) in [6.45, 7) is 1.57. The summed E-state index contributed by atoms with van der Waals surface area (Å²) in [5.41, 5.74) is -3.53. The van der Waals surface area contributed by atoms with Crippen LogP contribution in [-0.2, 0) is 11.0 Å². The molecular weight excluding hydrogens is 353 g/mol. The Morgan fingerprint density at radius 1 is 1.48 bits per heavy atom. The molecule has 0 aromatic heterocycles. The Kier molecular flexibility index (Phi) is 5.36. The van der Waals surface area contributed by atoms with Crippen LogP contribution in [0.15, 0.2) is 18.2 Å². The molecule has 0 spiro atoms. The first-order valence-corrected chi connectivity index (χ1v) is 7.01. The Hall–Kier alpha value is -1.59. The number of carbonyl (C=O) groups excluding carboxylic acids is 1. The van der Waals surface area contributed by atoms with E-state index in [2.05, 4.69) is 21.2 Å². The molecule has 1 aromatic rings. The summed E-state index contributed by atoms with van der Waals surface area (Å²) in [5.74, 6) is -0.820. The van der Waals surface area contributed by atoms with Crippen molar-refractivity contribution in [3.05, 3.63) is 29.3 Å². The van der Waals surface area contributed by atoms with Crippen molar-refractivity contribution in [3.8, 4) is 6.07 Å². The zero-order valence-corrected chi connectivity index (χ0v) is 12.5. The van der Waals surface area contributed by atoms with Gasteiger partial charge in [0.2, 0.25) is 0 Å². The number of amides is 1. The SMILES string of the molecule is CC[C@](O)(CBr)C(=O)Nc1ccc(C#N)c(C(F)(F)F)c1. The van der Waals surface area contributed by atoms with Crippen LogP contribution in [0.3, 0.4) is 0 Å². The molecule has 4 nitrogen and oxygen atoms in total. The van der Waals surface area contributed by atoms with E-state index in [4.69, 9.17) is 5.26 Å². The van der Waals surface area contributed by atoms with Gasteiger partial charge in [-0.25, -0.2) is 0 Å². The van der Waals surface area contributed by atoms with Crippen LogP contribution in [0.1, 0.15) is 24.5 Å². The number of nitriles is 1. The van der Waals surface area contributed by atoms with Gasteiger partial charge in [-0.15, -0.1) is 0 Å². The lowest BCUT2D eigenvalue weighted by Gasteiger charge is -2.23. The zero-order chi connectivity index (χ0) is 16.3. The number of nitrogens with zero attached hydrogens (tertiary/aromatic N) is 1. The normalized spacial score (nSPS) is 14.1. The number of halogens is 4. The fourth-order valence-corrected chi connectivity index (χ4v) is 2.17. The van der Waals surface area contributed by atoms with Gasteiger partial charge in [-0.1, -0.05) is 22.9 Å². The minimum absolute atomic E-state index is 0.0509. The Labute approximate surface area is 127 Å². The molecule has 0 aliphatic rings. The molecule has 0 saturated carbocycles. The largest absolute Gasteiger partial charge is 0.417 e. The van der Waals surface area contributed by atoms with E-state index in [9.17, 15) is 23.1 Å². The van der Waals surface area contributed by atoms with Crippen LogP contribution in [0.5, 0.6) is 0 Å². The van der Waals surface area contributed by atoms with Crippen LogP contribution in [0, 0.1) is 11.3 Å². The molecule has 1 amide bonds. The van der Waals surface area contributed by atoms with Crippen molar-refractivity contribution in [2.75, 3.05) is 10.6 Å². The third-order valence-electron chi connectivity index (χ3n) is 2.93. The molecule has 114 valence electrons. The van der Waals surface area contributed by atoms with Gasteiger partial charge in [-0.2, -0.15) is 18.4 Å². The molecule has 1 aromatic carbocycles. The van der Waals surface area contributed by atoms with E-state index in [1.807, 2.05) is 0 Å². The van der Waals surface area contributed by atoms with Crippen molar-refractivity contribution in [2.24, 2.45) is 0 Å². The van der Waals surface area contributed by atoms with Crippen LogP contribution in [0.4, 0.5) is 18.9 Å². The molecule has 0 aliphatic carbocycles. The smallest absolute Gasteiger partial charge is 0.379 e. The maximum atomic E-state index is 12.8. The van der Waals surface area contributed by atoms with Gasteiger partial charge in [0, 0.05) is 11.0 Å². The van der Waals surface area contributed by atoms with Gasteiger partial charge in [0.25, 0.3) is 5.91 Å². The minimum Gasteiger partial charge on any atom is -0.379 e. The standard InChI is InChI=1S/C13H12BrF3N2O2/c1-2-12(21,7-14)11(20)19-9-4-3-8(6-18)10(5-9)13(15,16)17/h3-5,21H,2,7H2,1H3,(H,19,20)/t12-/m0/s1. The number of nitrogens with one attached hydrogen (secondary N) is 1. The molecular formula is C13H12BrF3N2O2. The summed E-state index contributed by atoms with van der Waals surface area (Å²) >= 11 is 2.98. The van der Waals surface area contributed by atoms with Crippen molar-refractivity contribution in [2.45, 2.75) is 25.1 Å². The third kappa shape index (κ3) is 3.95. The number of benzene rings is 1. The number of alkyl halides is 4. The van der Waals surface area contributed by atoms with Crippen molar-refractivity contribution in [3.63, 3.8) is 0 Å². The minimum atomic E-state index is -4.71. The van der Waals surface area contributed by atoms with Crippen LogP contribution in [0.25, 0.3) is 0 Å². The fraction of sp³-hybridized carbons (Fsp3) is 0.385. The van der Waals surface area contributed by atoms with Gasteiger partial charge in [0.1, 0.15) is 0 Å². The van der Waals surface area contributed by atoms with Gasteiger partial charge in [-0.05, 0) is 24.6 Å². The molecule has 21 heavy (non-hydrogen) atoms. The maximum Gasteiger partial charge on any atom is 0.417 e. The Bertz CT molecular complexity index is 578. The summed E-state index contributed by atoms with van der Waals surface area (Å²) < 4.78 is 38.4. The van der Waals surface area contributed by atoms with Crippen LogP contribution < -0.4 is 5.32 Å². The number of hydrogen-bond acceptors (Lipinski definition) is 3. The lowest BCUT2D eigenvalue weighted by molar-refractivity contribution is -0.138. The van der Waals surface area contributed by atoms with E-state index in [1.165, 1.54) is 12.1 Å². The molecule has 1 atom stereocenters. The number of anilines is 1. The summed E-state index contributed by atoms with van der Waals surface area (Å²) in [6, 6.07) is 4.26. The zero-order valence-electron chi connectivity index (χ0n) is 11.0. The Morgan fingerprint density at radius 3 is 2.52 bits per heavy atom. The monoisotopic (exact) mass is 364 g/mol. The predicted molar refractivity (Wildman–Crippen MR) is 73.8 cm³/mol. The highest BCUT2D eigenvalue weighted by Gasteiger charge is 2.35. The highest BCUT2D eigenvalue weighted by molar-refractivity contribution is 9.09. The van der Waals surface area contributed by atoms with E-state index < -0.39 is 28.8 Å². The van der Waals surface area contributed by atoms with Crippen LogP contribution in [-0.4, -0.2) is 21.9 Å².